The molecule has 5 atom stereocenters. The van der Waals surface area contributed by atoms with Gasteiger partial charge in [0.15, 0.2) is 4.93 Å². The van der Waals surface area contributed by atoms with Crippen LogP contribution in [-0.4, -0.2) is 44.5 Å². The van der Waals surface area contributed by atoms with Crippen LogP contribution in [0.15, 0.2) is 42.5 Å². The van der Waals surface area contributed by atoms with Gasteiger partial charge in [0.1, 0.15) is 6.10 Å². The van der Waals surface area contributed by atoms with E-state index in [1.54, 1.807) is 6.92 Å². The zero-order chi connectivity index (χ0) is 19.9. The molecule has 2 aliphatic rings. The number of rotatable bonds is 4. The summed E-state index contributed by atoms with van der Waals surface area (Å²) in [6.07, 6.45) is -1.39. The molecule has 2 aliphatic heterocycles. The largest absolute Gasteiger partial charge is 0.395 e. The molecule has 150 valence electrons. The smallest absolute Gasteiger partial charge is 0.168 e. The number of hydrogen-bond acceptors (Lipinski definition) is 6. The normalized spacial score (nSPS) is 30.4. The number of aliphatic hydroxyl groups is 4. The molecule has 0 bridgehead atoms. The SMILES string of the molecule is CC(O)c1ccc(Cc2ccc3c(c2)[C@]2(OC3)SC(CO)CC(O)[C@H]2O)cc1. The van der Waals surface area contributed by atoms with E-state index in [1.165, 1.54) is 11.8 Å². The molecule has 2 aromatic carbocycles. The summed E-state index contributed by atoms with van der Waals surface area (Å²) >= 11 is 1.41. The molecular formula is C22H26O5S. The van der Waals surface area contributed by atoms with Crippen LogP contribution < -0.4 is 0 Å². The van der Waals surface area contributed by atoms with Crippen LogP contribution in [0, 0.1) is 0 Å². The highest BCUT2D eigenvalue weighted by Gasteiger charge is 2.54. The van der Waals surface area contributed by atoms with E-state index < -0.39 is 23.2 Å². The second kappa shape index (κ2) is 7.78. The average molecular weight is 403 g/mol. The van der Waals surface area contributed by atoms with Gasteiger partial charge in [0.25, 0.3) is 0 Å². The highest BCUT2D eigenvalue weighted by molar-refractivity contribution is 8.00. The van der Waals surface area contributed by atoms with Crippen molar-refractivity contribution in [1.82, 2.24) is 0 Å². The van der Waals surface area contributed by atoms with E-state index in [0.29, 0.717) is 13.0 Å². The van der Waals surface area contributed by atoms with Crippen molar-refractivity contribution in [3.05, 3.63) is 70.3 Å². The zero-order valence-electron chi connectivity index (χ0n) is 15.8. The van der Waals surface area contributed by atoms with Crippen molar-refractivity contribution in [1.29, 1.82) is 0 Å². The predicted octanol–water partition coefficient (Wildman–Crippen LogP) is 2.23. The van der Waals surface area contributed by atoms with Gasteiger partial charge in [-0.1, -0.05) is 42.5 Å². The number of fused-ring (bicyclic) bond motifs is 2. The van der Waals surface area contributed by atoms with E-state index in [9.17, 15) is 20.4 Å². The van der Waals surface area contributed by atoms with Gasteiger partial charge in [-0.3, -0.25) is 0 Å². The predicted molar refractivity (Wildman–Crippen MR) is 108 cm³/mol. The molecule has 4 N–H and O–H groups in total. The van der Waals surface area contributed by atoms with Crippen molar-refractivity contribution in [3.8, 4) is 0 Å². The Morgan fingerprint density at radius 1 is 1.14 bits per heavy atom. The lowest BCUT2D eigenvalue weighted by Crippen LogP contribution is -2.51. The maximum absolute atomic E-state index is 10.8. The third-order valence-electron chi connectivity index (χ3n) is 5.67. The molecule has 0 amide bonds. The monoisotopic (exact) mass is 402 g/mol. The van der Waals surface area contributed by atoms with Crippen molar-refractivity contribution >= 4 is 11.8 Å². The Labute approximate surface area is 169 Å². The van der Waals surface area contributed by atoms with Gasteiger partial charge in [-0.15, -0.1) is 11.8 Å². The lowest BCUT2D eigenvalue weighted by atomic mass is 9.92. The molecule has 1 spiro atoms. The molecule has 0 aliphatic carbocycles. The topological polar surface area (TPSA) is 90.2 Å². The van der Waals surface area contributed by atoms with E-state index in [2.05, 4.69) is 6.07 Å². The van der Waals surface area contributed by atoms with Crippen molar-refractivity contribution in [2.45, 2.75) is 54.9 Å². The Morgan fingerprint density at radius 2 is 1.86 bits per heavy atom. The standard InChI is InChI=1S/C22H26O5S/c1-13(24)16-5-2-14(3-6-16)8-15-4-7-17-12-27-22(19(17)9-15)21(26)20(25)10-18(11-23)28-22/h2-7,9,13,18,20-21,23-26H,8,10-12H2,1H3/t13?,18?,20?,21-,22+/m1/s1. The molecule has 5 nitrogen and oxygen atoms in total. The zero-order valence-corrected chi connectivity index (χ0v) is 16.6. The summed E-state index contributed by atoms with van der Waals surface area (Å²) in [5.41, 5.74) is 4.99. The summed E-state index contributed by atoms with van der Waals surface area (Å²) in [7, 11) is 0. The van der Waals surface area contributed by atoms with Gasteiger partial charge < -0.3 is 25.2 Å². The quantitative estimate of drug-likeness (QED) is 0.627. The minimum Gasteiger partial charge on any atom is -0.395 e. The second-order valence-electron chi connectivity index (χ2n) is 7.71. The lowest BCUT2D eigenvalue weighted by molar-refractivity contribution is -0.115. The maximum Gasteiger partial charge on any atom is 0.168 e. The first kappa shape index (κ1) is 19.9. The first-order valence-electron chi connectivity index (χ1n) is 9.61. The summed E-state index contributed by atoms with van der Waals surface area (Å²) < 4.78 is 6.03. The summed E-state index contributed by atoms with van der Waals surface area (Å²) in [6.45, 7) is 2.06. The summed E-state index contributed by atoms with van der Waals surface area (Å²) in [5, 5.41) is 40.2. The molecule has 1 fully saturated rings. The van der Waals surface area contributed by atoms with Gasteiger partial charge in [-0.25, -0.2) is 0 Å². The van der Waals surface area contributed by atoms with Crippen LogP contribution in [0.1, 0.15) is 47.3 Å². The molecule has 0 aromatic heterocycles. The van der Waals surface area contributed by atoms with Crippen LogP contribution in [0.2, 0.25) is 0 Å². The molecule has 1 saturated heterocycles. The fraction of sp³-hybridized carbons (Fsp3) is 0.455. The molecule has 4 rings (SSSR count). The Bertz CT molecular complexity index is 837. The van der Waals surface area contributed by atoms with Crippen LogP contribution in [-0.2, 0) is 22.7 Å². The fourth-order valence-electron chi connectivity index (χ4n) is 4.07. The molecule has 28 heavy (non-hydrogen) atoms. The molecule has 2 aromatic rings. The van der Waals surface area contributed by atoms with Gasteiger partial charge in [-0.05, 0) is 42.0 Å². The minimum absolute atomic E-state index is 0.0653. The third-order valence-corrected chi connectivity index (χ3v) is 7.27. The molecule has 6 heteroatoms. The molecular weight excluding hydrogens is 376 g/mol. The summed E-state index contributed by atoms with van der Waals surface area (Å²) in [5.74, 6) is 0. The van der Waals surface area contributed by atoms with E-state index in [4.69, 9.17) is 4.74 Å². The second-order valence-corrected chi connectivity index (χ2v) is 9.22. The number of hydrogen-bond donors (Lipinski definition) is 4. The van der Waals surface area contributed by atoms with Gasteiger partial charge in [0, 0.05) is 10.8 Å². The van der Waals surface area contributed by atoms with Gasteiger partial charge in [0.05, 0.1) is 25.4 Å². The lowest BCUT2D eigenvalue weighted by Gasteiger charge is -2.43. The first-order chi connectivity index (χ1) is 13.4. The Kier molecular flexibility index (Phi) is 5.53. The van der Waals surface area contributed by atoms with Crippen molar-refractivity contribution in [2.24, 2.45) is 0 Å². The van der Waals surface area contributed by atoms with Crippen molar-refractivity contribution < 1.29 is 25.2 Å². The van der Waals surface area contributed by atoms with Gasteiger partial charge >= 0.3 is 0 Å². The van der Waals surface area contributed by atoms with E-state index >= 15 is 0 Å². The van der Waals surface area contributed by atoms with E-state index in [0.717, 1.165) is 34.2 Å². The minimum atomic E-state index is -1.04. The Morgan fingerprint density at radius 3 is 2.54 bits per heavy atom. The Balaban J connectivity index is 1.63. The first-order valence-corrected chi connectivity index (χ1v) is 10.5. The summed E-state index contributed by atoms with van der Waals surface area (Å²) in [6, 6.07) is 14.0. The van der Waals surface area contributed by atoms with Crippen LogP contribution in [0.5, 0.6) is 0 Å². The number of thioether (sulfide) groups is 1. The van der Waals surface area contributed by atoms with E-state index in [-0.39, 0.29) is 11.9 Å². The third kappa shape index (κ3) is 3.49. The van der Waals surface area contributed by atoms with Crippen molar-refractivity contribution in [3.63, 3.8) is 0 Å². The highest BCUT2D eigenvalue weighted by Crippen LogP contribution is 2.54. The fourth-order valence-corrected chi connectivity index (χ4v) is 5.67. The maximum atomic E-state index is 10.8. The Hall–Kier alpha value is -1.41. The van der Waals surface area contributed by atoms with Crippen LogP contribution in [0.4, 0.5) is 0 Å². The van der Waals surface area contributed by atoms with Crippen LogP contribution in [0.25, 0.3) is 0 Å². The van der Waals surface area contributed by atoms with Crippen LogP contribution in [0.3, 0.4) is 0 Å². The highest BCUT2D eigenvalue weighted by atomic mass is 32.2. The average Bonchev–Trinajstić information content (AvgIpc) is 3.05. The number of benzene rings is 2. The molecule has 2 heterocycles. The molecule has 3 unspecified atom stereocenters. The van der Waals surface area contributed by atoms with E-state index in [1.807, 2.05) is 36.4 Å². The van der Waals surface area contributed by atoms with Gasteiger partial charge in [0.2, 0.25) is 0 Å². The number of aliphatic hydroxyl groups excluding tert-OH is 4. The number of ether oxygens (including phenoxy) is 1. The van der Waals surface area contributed by atoms with Gasteiger partial charge in [-0.2, -0.15) is 0 Å². The molecule has 0 radical (unpaired) electrons. The van der Waals surface area contributed by atoms with Crippen LogP contribution >= 0.6 is 11.8 Å². The van der Waals surface area contributed by atoms with Crippen molar-refractivity contribution in [2.75, 3.05) is 6.61 Å². The summed E-state index contributed by atoms with van der Waals surface area (Å²) in [4.78, 5) is -1.04. The molecule has 0 saturated carbocycles.